The molecule has 74 heavy (non-hydrogen) atoms. The molecule has 0 aromatic heterocycles. The fraction of sp³-hybridized carbons (Fsp3) is 0.625. The number of carbonyl (C=O) groups excluding carboxylic acids is 2. The maximum Gasteiger partial charge on any atom is 0.306 e. The molecule has 0 radical (unpaired) electrons. The third kappa shape index (κ3) is 53.0. The number of hydrogen-bond donors (Lipinski definition) is 1. The van der Waals surface area contributed by atoms with Gasteiger partial charge in [0.05, 0.1) is 33.8 Å². The summed E-state index contributed by atoms with van der Waals surface area (Å²) in [6.07, 6.45) is 74.3. The molecule has 3 atom stereocenters. The Hall–Kier alpha value is -3.85. The number of nitrogens with one attached hydrogen (secondary N) is 1. The Morgan fingerprint density at radius 3 is 1.32 bits per heavy atom. The van der Waals surface area contributed by atoms with Crippen LogP contribution in [-0.4, -0.2) is 69.4 Å². The summed E-state index contributed by atoms with van der Waals surface area (Å²) in [7, 11) is 1.11. The zero-order valence-electron chi connectivity index (χ0n) is 47.7. The van der Waals surface area contributed by atoms with Crippen LogP contribution < -0.4 is 10.2 Å². The van der Waals surface area contributed by atoms with E-state index in [4.69, 9.17) is 13.8 Å². The number of hydrogen-bond acceptors (Lipinski definition) is 7. The van der Waals surface area contributed by atoms with E-state index in [1.54, 1.807) is 6.08 Å². The number of rotatable bonds is 50. The van der Waals surface area contributed by atoms with Crippen LogP contribution in [0.3, 0.4) is 0 Å². The van der Waals surface area contributed by atoms with E-state index in [1.807, 2.05) is 27.2 Å². The van der Waals surface area contributed by atoms with Crippen molar-refractivity contribution >= 4 is 19.7 Å². The second-order valence-electron chi connectivity index (χ2n) is 20.0. The minimum atomic E-state index is -4.73. The van der Waals surface area contributed by atoms with Gasteiger partial charge in [-0.2, -0.15) is 0 Å². The Bertz CT molecular complexity index is 1730. The number of quaternary nitrogens is 1. The monoisotopic (exact) mass is 1050 g/mol. The van der Waals surface area contributed by atoms with Crippen LogP contribution >= 0.6 is 7.82 Å². The van der Waals surface area contributed by atoms with E-state index in [-0.39, 0.29) is 25.4 Å². The van der Waals surface area contributed by atoms with E-state index < -0.39 is 32.5 Å². The number of nitrogens with zero attached hydrogens (tertiary/aromatic N) is 1. The summed E-state index contributed by atoms with van der Waals surface area (Å²) in [6.45, 7) is 6.52. The minimum Gasteiger partial charge on any atom is -0.756 e. The first-order valence-corrected chi connectivity index (χ1v) is 30.5. The molecular weight excluding hydrogens is 940 g/mol. The van der Waals surface area contributed by atoms with Crippen molar-refractivity contribution in [2.45, 2.75) is 219 Å². The highest BCUT2D eigenvalue weighted by Crippen LogP contribution is 2.38. The van der Waals surface area contributed by atoms with Gasteiger partial charge in [0.1, 0.15) is 19.3 Å². The van der Waals surface area contributed by atoms with Crippen LogP contribution in [0.15, 0.2) is 134 Å². The highest BCUT2D eigenvalue weighted by atomic mass is 31.2. The molecule has 0 aliphatic carbocycles. The summed E-state index contributed by atoms with van der Waals surface area (Å²) in [6, 6.07) is -0.938. The maximum absolute atomic E-state index is 13.5. The van der Waals surface area contributed by atoms with Crippen LogP contribution in [0.5, 0.6) is 0 Å². The van der Waals surface area contributed by atoms with Gasteiger partial charge in [0.25, 0.3) is 7.82 Å². The van der Waals surface area contributed by atoms with Crippen molar-refractivity contribution < 1.29 is 37.3 Å². The van der Waals surface area contributed by atoms with Crippen molar-refractivity contribution in [2.24, 2.45) is 0 Å². The van der Waals surface area contributed by atoms with Crippen molar-refractivity contribution in [1.29, 1.82) is 0 Å². The summed E-state index contributed by atoms with van der Waals surface area (Å²) in [4.78, 5) is 39.9. The molecule has 9 nitrogen and oxygen atoms in total. The molecule has 420 valence electrons. The predicted octanol–water partition coefficient (Wildman–Crippen LogP) is 17.1. The molecule has 0 aromatic carbocycles. The lowest BCUT2D eigenvalue weighted by molar-refractivity contribution is -0.870. The number of phosphoric acid groups is 1. The highest BCUT2D eigenvalue weighted by molar-refractivity contribution is 7.45. The summed E-state index contributed by atoms with van der Waals surface area (Å²) in [5.74, 6) is -0.660. The van der Waals surface area contributed by atoms with Gasteiger partial charge in [0, 0.05) is 12.8 Å². The molecule has 0 aliphatic heterocycles. The van der Waals surface area contributed by atoms with E-state index in [1.165, 1.54) is 51.4 Å². The summed E-state index contributed by atoms with van der Waals surface area (Å²) < 4.78 is 30.2. The molecular formula is C64H107N2O7P. The van der Waals surface area contributed by atoms with Crippen LogP contribution in [0.4, 0.5) is 0 Å². The quantitative estimate of drug-likeness (QED) is 0.0212. The molecule has 0 saturated carbocycles. The Morgan fingerprint density at radius 1 is 0.486 bits per heavy atom. The number of amides is 1. The van der Waals surface area contributed by atoms with Crippen LogP contribution in [0.1, 0.15) is 207 Å². The molecule has 0 aliphatic rings. The van der Waals surface area contributed by atoms with Crippen LogP contribution in [0, 0.1) is 0 Å². The average Bonchev–Trinajstić information content (AvgIpc) is 3.36. The molecule has 10 heteroatoms. The number of unbranched alkanes of at least 4 members (excludes halogenated alkanes) is 14. The van der Waals surface area contributed by atoms with Gasteiger partial charge in [0.15, 0.2) is 0 Å². The molecule has 1 amide bonds. The van der Waals surface area contributed by atoms with Gasteiger partial charge in [0.2, 0.25) is 5.91 Å². The molecule has 0 bridgehead atoms. The molecule has 0 saturated heterocycles. The standard InChI is InChI=1S/C64H107N2O7P/c1-7-10-13-16-19-22-25-28-30-32-33-35-36-38-41-44-47-50-53-56-63(67)65-61(60-72-74(69,70)71-59-58-66(4,5)6)62(55-52-49-46-43-40-27-24-21-18-15-12-9-3)73-64(68)57-54-51-48-45-42-39-37-34-31-29-26-23-20-17-14-11-8-2/h10-11,13-14,19-20,22-23,28-31,33,35,37-39,41,45,48,52,55,61-62H,7-9,12,15-18,21,24-27,32,34,36,40,42-44,46-47,49-51,53-54,56-60H2,1-6H3,(H-,65,67,69,70)/b13-10-,14-11-,22-19-,23-20-,30-28-,31-29-,35-33-,39-37-,41-38-,48-45-,55-52+. The molecule has 1 N–H and O–H groups in total. The third-order valence-corrected chi connectivity index (χ3v) is 12.8. The zero-order chi connectivity index (χ0) is 54.3. The summed E-state index contributed by atoms with van der Waals surface area (Å²) >= 11 is 0. The van der Waals surface area contributed by atoms with E-state index in [0.717, 1.165) is 109 Å². The van der Waals surface area contributed by atoms with Gasteiger partial charge >= 0.3 is 5.97 Å². The van der Waals surface area contributed by atoms with E-state index in [0.29, 0.717) is 23.9 Å². The average molecular weight is 1050 g/mol. The van der Waals surface area contributed by atoms with Crippen molar-refractivity contribution in [3.8, 4) is 0 Å². The molecule has 0 aromatic rings. The number of carbonyl (C=O) groups is 2. The van der Waals surface area contributed by atoms with Gasteiger partial charge in [-0.05, 0) is 115 Å². The largest absolute Gasteiger partial charge is 0.756 e. The second kappa shape index (κ2) is 52.6. The number of allylic oxidation sites excluding steroid dienone is 21. The Kier molecular flexibility index (Phi) is 49.8. The third-order valence-electron chi connectivity index (χ3n) is 11.8. The fourth-order valence-corrected chi connectivity index (χ4v) is 8.13. The van der Waals surface area contributed by atoms with Crippen molar-refractivity contribution in [1.82, 2.24) is 5.32 Å². The lowest BCUT2D eigenvalue weighted by atomic mass is 10.1. The van der Waals surface area contributed by atoms with Crippen molar-refractivity contribution in [2.75, 3.05) is 40.9 Å². The van der Waals surface area contributed by atoms with E-state index in [2.05, 4.69) is 148 Å². The minimum absolute atomic E-state index is 0.0456. The lowest BCUT2D eigenvalue weighted by Gasteiger charge is -2.30. The first kappa shape index (κ1) is 70.1. The Morgan fingerprint density at radius 2 is 0.878 bits per heavy atom. The van der Waals surface area contributed by atoms with E-state index >= 15 is 0 Å². The summed E-state index contributed by atoms with van der Waals surface area (Å²) in [5, 5.41) is 2.98. The van der Waals surface area contributed by atoms with Crippen LogP contribution in [0.25, 0.3) is 0 Å². The second-order valence-corrected chi connectivity index (χ2v) is 21.4. The normalized spacial score (nSPS) is 14.7. The van der Waals surface area contributed by atoms with Gasteiger partial charge in [-0.15, -0.1) is 0 Å². The number of phosphoric ester groups is 1. The van der Waals surface area contributed by atoms with Crippen molar-refractivity contribution in [3.63, 3.8) is 0 Å². The van der Waals surface area contributed by atoms with Crippen LogP contribution in [-0.2, 0) is 27.9 Å². The topological polar surface area (TPSA) is 114 Å². The lowest BCUT2D eigenvalue weighted by Crippen LogP contribution is -2.47. The van der Waals surface area contributed by atoms with E-state index in [9.17, 15) is 19.0 Å². The predicted molar refractivity (Wildman–Crippen MR) is 316 cm³/mol. The van der Waals surface area contributed by atoms with Crippen LogP contribution in [0.2, 0.25) is 0 Å². The zero-order valence-corrected chi connectivity index (χ0v) is 48.6. The van der Waals surface area contributed by atoms with Gasteiger partial charge in [-0.3, -0.25) is 14.2 Å². The highest BCUT2D eigenvalue weighted by Gasteiger charge is 2.27. The number of esters is 1. The Labute approximate surface area is 454 Å². The van der Waals surface area contributed by atoms with Gasteiger partial charge in [-0.25, -0.2) is 0 Å². The molecule has 3 unspecified atom stereocenters. The van der Waals surface area contributed by atoms with Gasteiger partial charge < -0.3 is 28.5 Å². The molecule has 0 heterocycles. The smallest absolute Gasteiger partial charge is 0.306 e. The Balaban J connectivity index is 5.50. The molecule has 0 fully saturated rings. The van der Waals surface area contributed by atoms with Gasteiger partial charge in [-0.1, -0.05) is 213 Å². The number of ether oxygens (including phenoxy) is 1. The molecule has 0 spiro atoms. The summed E-state index contributed by atoms with van der Waals surface area (Å²) in [5.41, 5.74) is 0. The van der Waals surface area contributed by atoms with Crippen molar-refractivity contribution in [3.05, 3.63) is 134 Å². The fourth-order valence-electron chi connectivity index (χ4n) is 7.41. The first-order chi connectivity index (χ1) is 35.9. The maximum atomic E-state index is 13.5. The SMILES string of the molecule is CC/C=C\C/C=C\C/C=C\C/C=C\C/C=C\CCCCCC(=O)NC(COP(=O)([O-])OCC[N+](C)(C)C)C(/C=C/CCCCCCCCCCCC)OC(=O)CCC/C=C\C/C=C\C/C=C\C/C=C\C/C=C\CC. The molecule has 0 rings (SSSR count). The first-order valence-electron chi connectivity index (χ1n) is 29.0. The number of likely N-dealkylation sites (N-methyl/N-ethyl adjacent to an activating group) is 1.